The lowest BCUT2D eigenvalue weighted by molar-refractivity contribution is -0.160. The number of nitrogens with zero attached hydrogens (tertiary/aromatic N) is 2. The van der Waals surface area contributed by atoms with Gasteiger partial charge >= 0.3 is 11.9 Å². The molecule has 0 aliphatic rings. The normalized spacial score (nSPS) is 13.3. The molecule has 0 bridgehead atoms. The van der Waals surface area contributed by atoms with E-state index in [0.717, 1.165) is 9.87 Å². The van der Waals surface area contributed by atoms with Gasteiger partial charge in [0.2, 0.25) is 0 Å². The van der Waals surface area contributed by atoms with Crippen molar-refractivity contribution in [2.24, 2.45) is 0 Å². The maximum absolute atomic E-state index is 12.6. The van der Waals surface area contributed by atoms with Crippen molar-refractivity contribution in [1.29, 1.82) is 0 Å². The molecular formula is C23H29N2O6S-. The Morgan fingerprint density at radius 1 is 1.03 bits per heavy atom. The topological polar surface area (TPSA) is 99.2 Å². The fourth-order valence-electron chi connectivity index (χ4n) is 2.80. The third-order valence-electron chi connectivity index (χ3n) is 4.42. The quantitative estimate of drug-likeness (QED) is 0.418. The Morgan fingerprint density at radius 3 is 2.12 bits per heavy atom. The molecule has 2 rings (SSSR count). The molecule has 0 N–H and O–H groups in total. The number of hydrogen-bond acceptors (Lipinski definition) is 7. The van der Waals surface area contributed by atoms with Crippen molar-refractivity contribution in [3.8, 4) is 0 Å². The Kier molecular flexibility index (Phi) is 8.94. The second-order valence-corrected chi connectivity index (χ2v) is 9.27. The van der Waals surface area contributed by atoms with Gasteiger partial charge in [0, 0.05) is 17.0 Å². The lowest BCUT2D eigenvalue weighted by atomic mass is 10.1. The number of benzene rings is 2. The van der Waals surface area contributed by atoms with Crippen LogP contribution >= 0.6 is 0 Å². The number of carbonyl (C=O) groups excluding carboxylic acids is 2. The maximum atomic E-state index is 12.6. The molecule has 0 fully saturated rings. The van der Waals surface area contributed by atoms with Crippen molar-refractivity contribution in [3.05, 3.63) is 65.7 Å². The van der Waals surface area contributed by atoms with E-state index in [1.807, 2.05) is 30.3 Å². The molecule has 0 saturated carbocycles. The van der Waals surface area contributed by atoms with Crippen LogP contribution in [-0.2, 0) is 32.1 Å². The van der Waals surface area contributed by atoms with Gasteiger partial charge in [-0.2, -0.15) is 0 Å². The third kappa shape index (κ3) is 7.74. The number of likely N-dealkylation sites (N-methyl/N-ethyl adjacent to an activating group) is 1. The van der Waals surface area contributed by atoms with Gasteiger partial charge in [-0.25, -0.2) is 4.79 Å². The van der Waals surface area contributed by atoms with E-state index in [-0.39, 0.29) is 18.7 Å². The van der Waals surface area contributed by atoms with Crippen LogP contribution in [0.15, 0.2) is 54.6 Å². The van der Waals surface area contributed by atoms with E-state index in [1.165, 1.54) is 24.3 Å². The third-order valence-corrected chi connectivity index (χ3v) is 5.14. The van der Waals surface area contributed by atoms with Crippen molar-refractivity contribution in [2.45, 2.75) is 39.0 Å². The van der Waals surface area contributed by atoms with Crippen LogP contribution in [0.25, 0.3) is 0 Å². The van der Waals surface area contributed by atoms with E-state index < -0.39 is 34.8 Å². The summed E-state index contributed by atoms with van der Waals surface area (Å²) in [6, 6.07) is 14.4. The SMILES string of the molecule is CN(C)C(CN(c1ccc(C(=O)OCc2ccccc2)cc1)S(=O)[O-])C(=O)OC(C)(C)C. The molecule has 0 radical (unpaired) electrons. The highest BCUT2D eigenvalue weighted by Gasteiger charge is 2.29. The van der Waals surface area contributed by atoms with E-state index in [1.54, 1.807) is 39.8 Å². The van der Waals surface area contributed by atoms with Gasteiger partial charge in [0.25, 0.3) is 0 Å². The highest BCUT2D eigenvalue weighted by molar-refractivity contribution is 7.80. The lowest BCUT2D eigenvalue weighted by Gasteiger charge is -2.33. The molecule has 0 amide bonds. The summed E-state index contributed by atoms with van der Waals surface area (Å²) in [7, 11) is 3.35. The fraction of sp³-hybridized carbons (Fsp3) is 0.391. The molecule has 0 aliphatic carbocycles. The van der Waals surface area contributed by atoms with Gasteiger partial charge < -0.3 is 18.3 Å². The van der Waals surface area contributed by atoms with E-state index in [2.05, 4.69) is 0 Å². The maximum Gasteiger partial charge on any atom is 0.338 e. The Hall–Kier alpha value is -2.75. The predicted octanol–water partition coefficient (Wildman–Crippen LogP) is 2.92. The first-order chi connectivity index (χ1) is 15.0. The number of rotatable bonds is 9. The zero-order valence-electron chi connectivity index (χ0n) is 18.9. The fourth-order valence-corrected chi connectivity index (χ4v) is 3.35. The average molecular weight is 462 g/mol. The Labute approximate surface area is 191 Å². The molecule has 0 aromatic heterocycles. The molecular weight excluding hydrogens is 432 g/mol. The smallest absolute Gasteiger partial charge is 0.338 e. The van der Waals surface area contributed by atoms with Crippen LogP contribution < -0.4 is 4.31 Å². The predicted molar refractivity (Wildman–Crippen MR) is 122 cm³/mol. The highest BCUT2D eigenvalue weighted by atomic mass is 32.2. The first-order valence-electron chi connectivity index (χ1n) is 10.1. The molecule has 9 heteroatoms. The molecule has 174 valence electrons. The summed E-state index contributed by atoms with van der Waals surface area (Å²) < 4.78 is 35.6. The first kappa shape index (κ1) is 25.5. The van der Waals surface area contributed by atoms with Crippen molar-refractivity contribution >= 4 is 28.9 Å². The minimum atomic E-state index is -2.64. The van der Waals surface area contributed by atoms with Crippen LogP contribution in [0, 0.1) is 0 Å². The van der Waals surface area contributed by atoms with Gasteiger partial charge in [0.05, 0.1) is 12.1 Å². The van der Waals surface area contributed by atoms with Crippen LogP contribution in [0.4, 0.5) is 5.69 Å². The summed E-state index contributed by atoms with van der Waals surface area (Å²) in [6.07, 6.45) is 0. The van der Waals surface area contributed by atoms with E-state index in [4.69, 9.17) is 9.47 Å². The summed E-state index contributed by atoms with van der Waals surface area (Å²) in [6.45, 7) is 5.23. The summed E-state index contributed by atoms with van der Waals surface area (Å²) in [5, 5.41) is 0. The van der Waals surface area contributed by atoms with Crippen LogP contribution in [0.3, 0.4) is 0 Å². The van der Waals surface area contributed by atoms with Crippen molar-refractivity contribution in [2.75, 3.05) is 24.9 Å². The summed E-state index contributed by atoms with van der Waals surface area (Å²) in [5.41, 5.74) is 0.766. The largest absolute Gasteiger partial charge is 0.755 e. The highest BCUT2D eigenvalue weighted by Crippen LogP contribution is 2.20. The second-order valence-electron chi connectivity index (χ2n) is 8.40. The summed E-state index contributed by atoms with van der Waals surface area (Å²) >= 11 is -2.64. The van der Waals surface area contributed by atoms with Crippen molar-refractivity contribution < 1.29 is 27.8 Å². The molecule has 8 nitrogen and oxygen atoms in total. The van der Waals surface area contributed by atoms with Crippen molar-refractivity contribution in [1.82, 2.24) is 4.90 Å². The Morgan fingerprint density at radius 2 is 1.62 bits per heavy atom. The number of anilines is 1. The van der Waals surface area contributed by atoms with Gasteiger partial charge in [0.15, 0.2) is 0 Å². The minimum Gasteiger partial charge on any atom is -0.755 e. The van der Waals surface area contributed by atoms with Crippen molar-refractivity contribution in [3.63, 3.8) is 0 Å². The lowest BCUT2D eigenvalue weighted by Crippen LogP contribution is -2.48. The molecule has 2 aromatic rings. The van der Waals surface area contributed by atoms with E-state index in [0.29, 0.717) is 5.69 Å². The van der Waals surface area contributed by atoms with E-state index >= 15 is 0 Å². The molecule has 0 spiro atoms. The van der Waals surface area contributed by atoms with Gasteiger partial charge in [-0.3, -0.25) is 13.9 Å². The zero-order valence-corrected chi connectivity index (χ0v) is 19.8. The standard InChI is InChI=1S/C23H30N2O6S/c1-23(2,3)31-22(27)20(24(4)5)15-25(32(28)29)19-13-11-18(12-14-19)21(26)30-16-17-9-7-6-8-10-17/h6-14,20H,15-16H2,1-5H3,(H,28,29)/p-1. The van der Waals surface area contributed by atoms with Gasteiger partial charge in [-0.15, -0.1) is 0 Å². The number of hydrogen-bond donors (Lipinski definition) is 0. The van der Waals surface area contributed by atoms with Crippen LogP contribution in [0.1, 0.15) is 36.7 Å². The van der Waals surface area contributed by atoms with Crippen LogP contribution in [0.2, 0.25) is 0 Å². The minimum absolute atomic E-state index is 0.137. The number of ether oxygens (including phenoxy) is 2. The number of esters is 2. The molecule has 0 heterocycles. The summed E-state index contributed by atoms with van der Waals surface area (Å²) in [4.78, 5) is 26.5. The average Bonchev–Trinajstić information content (AvgIpc) is 2.71. The monoisotopic (exact) mass is 461 g/mol. The molecule has 2 aromatic carbocycles. The molecule has 2 unspecified atom stereocenters. The second kappa shape index (κ2) is 11.2. The van der Waals surface area contributed by atoms with Crippen LogP contribution in [0.5, 0.6) is 0 Å². The molecule has 0 saturated heterocycles. The zero-order chi connectivity index (χ0) is 23.9. The Balaban J connectivity index is 2.11. The van der Waals surface area contributed by atoms with Crippen LogP contribution in [-0.4, -0.2) is 57.9 Å². The Bertz CT molecular complexity index is 926. The van der Waals surface area contributed by atoms with E-state index in [9.17, 15) is 18.4 Å². The van der Waals surface area contributed by atoms with Gasteiger partial charge in [-0.1, -0.05) is 30.3 Å². The molecule has 32 heavy (non-hydrogen) atoms. The van der Waals surface area contributed by atoms with Gasteiger partial charge in [-0.05, 0) is 64.7 Å². The molecule has 2 atom stereocenters. The first-order valence-corrected chi connectivity index (χ1v) is 11.1. The molecule has 0 aliphatic heterocycles. The van der Waals surface area contributed by atoms with Gasteiger partial charge in [0.1, 0.15) is 18.2 Å². The number of carbonyl (C=O) groups is 2. The summed E-state index contributed by atoms with van der Waals surface area (Å²) in [5.74, 6) is -1.05.